The fraction of sp³-hybridized carbons (Fsp3) is 0.471. The molecule has 0 aliphatic carbocycles. The van der Waals surface area contributed by atoms with Gasteiger partial charge in [-0.05, 0) is 25.0 Å². The summed E-state index contributed by atoms with van der Waals surface area (Å²) in [4.78, 5) is 12.0. The first kappa shape index (κ1) is 16.6. The first-order valence-corrected chi connectivity index (χ1v) is 7.57. The Morgan fingerprint density at radius 2 is 1.90 bits per heavy atom. The number of nitrogens with one attached hydrogen (secondary N) is 1. The van der Waals surface area contributed by atoms with Crippen LogP contribution in [-0.4, -0.2) is 12.5 Å². The molecule has 0 spiro atoms. The normalized spacial score (nSPS) is 10.0. The van der Waals surface area contributed by atoms with Gasteiger partial charge in [-0.3, -0.25) is 4.79 Å². The predicted octanol–water partition coefficient (Wildman–Crippen LogP) is 4.02. The standard InChI is InChI=1S/C17H22ClNO/c1-3-8-15(9-4-2)17(20)19-13-7-11-14-10-5-6-12-16(14)18/h5-6,10,12,15H,3-4,8-9,13H2,1-2H3,(H,19,20). The topological polar surface area (TPSA) is 29.1 Å². The number of hydrogen-bond acceptors (Lipinski definition) is 1. The van der Waals surface area contributed by atoms with E-state index < -0.39 is 0 Å². The van der Waals surface area contributed by atoms with Gasteiger partial charge in [0.2, 0.25) is 5.91 Å². The molecule has 1 aromatic carbocycles. The Morgan fingerprint density at radius 3 is 2.50 bits per heavy atom. The molecule has 0 fully saturated rings. The molecule has 1 amide bonds. The van der Waals surface area contributed by atoms with Crippen molar-refractivity contribution in [3.8, 4) is 11.8 Å². The van der Waals surface area contributed by atoms with Gasteiger partial charge in [0.05, 0.1) is 11.6 Å². The van der Waals surface area contributed by atoms with Gasteiger partial charge in [-0.15, -0.1) is 0 Å². The van der Waals surface area contributed by atoms with E-state index in [4.69, 9.17) is 11.6 Å². The summed E-state index contributed by atoms with van der Waals surface area (Å²) < 4.78 is 0. The van der Waals surface area contributed by atoms with Crippen LogP contribution >= 0.6 is 11.6 Å². The molecule has 0 saturated heterocycles. The molecule has 0 bridgehead atoms. The van der Waals surface area contributed by atoms with Gasteiger partial charge in [0.25, 0.3) is 0 Å². The molecule has 0 saturated carbocycles. The number of benzene rings is 1. The largest absolute Gasteiger partial charge is 0.345 e. The third-order valence-corrected chi connectivity index (χ3v) is 3.42. The van der Waals surface area contributed by atoms with E-state index in [1.165, 1.54) is 0 Å². The monoisotopic (exact) mass is 291 g/mol. The molecule has 3 heteroatoms. The molecule has 2 nitrogen and oxygen atoms in total. The summed E-state index contributed by atoms with van der Waals surface area (Å²) in [7, 11) is 0. The van der Waals surface area contributed by atoms with Crippen LogP contribution in [0.2, 0.25) is 5.02 Å². The van der Waals surface area contributed by atoms with Crippen molar-refractivity contribution in [3.63, 3.8) is 0 Å². The lowest BCUT2D eigenvalue weighted by Gasteiger charge is -2.13. The summed E-state index contributed by atoms with van der Waals surface area (Å²) in [5.74, 6) is 6.15. The minimum absolute atomic E-state index is 0.113. The Balaban J connectivity index is 2.48. The number of halogens is 1. The Labute approximate surface area is 126 Å². The molecule has 0 aliphatic rings. The van der Waals surface area contributed by atoms with Crippen LogP contribution in [0.15, 0.2) is 24.3 Å². The van der Waals surface area contributed by atoms with E-state index in [0.29, 0.717) is 11.6 Å². The first-order valence-electron chi connectivity index (χ1n) is 7.20. The highest BCUT2D eigenvalue weighted by molar-refractivity contribution is 6.31. The molecule has 0 aliphatic heterocycles. The van der Waals surface area contributed by atoms with Crippen LogP contribution in [-0.2, 0) is 4.79 Å². The highest BCUT2D eigenvalue weighted by Crippen LogP contribution is 2.14. The summed E-state index contributed by atoms with van der Waals surface area (Å²) in [6, 6.07) is 7.44. The minimum Gasteiger partial charge on any atom is -0.345 e. The van der Waals surface area contributed by atoms with Crippen molar-refractivity contribution in [3.05, 3.63) is 34.9 Å². The Bertz CT molecular complexity index is 481. The zero-order valence-electron chi connectivity index (χ0n) is 12.2. The van der Waals surface area contributed by atoms with Gasteiger partial charge in [-0.2, -0.15) is 0 Å². The number of rotatable bonds is 6. The molecule has 0 heterocycles. The van der Waals surface area contributed by atoms with E-state index in [2.05, 4.69) is 31.0 Å². The fourth-order valence-electron chi connectivity index (χ4n) is 2.08. The van der Waals surface area contributed by atoms with Gasteiger partial charge in [0.15, 0.2) is 0 Å². The second kappa shape index (κ2) is 9.44. The summed E-state index contributed by atoms with van der Waals surface area (Å²) >= 11 is 6.01. The van der Waals surface area contributed by atoms with Crippen molar-refractivity contribution in [2.75, 3.05) is 6.54 Å². The number of carbonyl (C=O) groups excluding carboxylic acids is 1. The minimum atomic E-state index is 0.113. The molecule has 0 unspecified atom stereocenters. The van der Waals surface area contributed by atoms with Crippen molar-refractivity contribution in [1.29, 1.82) is 0 Å². The van der Waals surface area contributed by atoms with Gasteiger partial charge >= 0.3 is 0 Å². The average molecular weight is 292 g/mol. The summed E-state index contributed by atoms with van der Waals surface area (Å²) in [5.41, 5.74) is 0.794. The Morgan fingerprint density at radius 1 is 1.25 bits per heavy atom. The number of amides is 1. The molecule has 0 atom stereocenters. The average Bonchev–Trinajstić information content (AvgIpc) is 2.45. The first-order chi connectivity index (χ1) is 9.69. The fourth-order valence-corrected chi connectivity index (χ4v) is 2.26. The molecule has 108 valence electrons. The van der Waals surface area contributed by atoms with Crippen LogP contribution in [0.3, 0.4) is 0 Å². The second-order valence-corrected chi connectivity index (χ2v) is 5.18. The quantitative estimate of drug-likeness (QED) is 0.788. The lowest BCUT2D eigenvalue weighted by Crippen LogP contribution is -2.30. The van der Waals surface area contributed by atoms with Gasteiger partial charge in [0.1, 0.15) is 0 Å². The van der Waals surface area contributed by atoms with Crippen LogP contribution in [0.1, 0.15) is 45.1 Å². The van der Waals surface area contributed by atoms with Crippen molar-refractivity contribution >= 4 is 17.5 Å². The van der Waals surface area contributed by atoms with E-state index in [1.54, 1.807) is 0 Å². The zero-order valence-corrected chi connectivity index (χ0v) is 13.0. The molecule has 0 aromatic heterocycles. The van der Waals surface area contributed by atoms with E-state index in [9.17, 15) is 4.79 Å². The summed E-state index contributed by atoms with van der Waals surface area (Å²) in [6.07, 6.45) is 3.95. The molecular weight excluding hydrogens is 270 g/mol. The molecule has 1 N–H and O–H groups in total. The van der Waals surface area contributed by atoms with Crippen LogP contribution < -0.4 is 5.32 Å². The van der Waals surface area contributed by atoms with E-state index in [-0.39, 0.29) is 11.8 Å². The van der Waals surface area contributed by atoms with E-state index in [1.807, 2.05) is 24.3 Å². The highest BCUT2D eigenvalue weighted by Gasteiger charge is 2.15. The molecular formula is C17H22ClNO. The second-order valence-electron chi connectivity index (χ2n) is 4.77. The highest BCUT2D eigenvalue weighted by atomic mass is 35.5. The maximum atomic E-state index is 12.0. The van der Waals surface area contributed by atoms with Crippen LogP contribution in [0.4, 0.5) is 0 Å². The van der Waals surface area contributed by atoms with Gasteiger partial charge in [-0.1, -0.05) is 62.3 Å². The molecule has 0 radical (unpaired) electrons. The lowest BCUT2D eigenvalue weighted by atomic mass is 9.97. The zero-order chi connectivity index (χ0) is 14.8. The third-order valence-electron chi connectivity index (χ3n) is 3.09. The van der Waals surface area contributed by atoms with Crippen molar-refractivity contribution < 1.29 is 4.79 Å². The number of hydrogen-bond donors (Lipinski definition) is 1. The Hall–Kier alpha value is -1.46. The summed E-state index contributed by atoms with van der Waals surface area (Å²) in [5, 5.41) is 3.53. The van der Waals surface area contributed by atoms with Gasteiger partial charge in [0, 0.05) is 11.5 Å². The lowest BCUT2D eigenvalue weighted by molar-refractivity contribution is -0.125. The third kappa shape index (κ3) is 5.67. The van der Waals surface area contributed by atoms with Gasteiger partial charge in [-0.25, -0.2) is 0 Å². The smallest absolute Gasteiger partial charge is 0.223 e. The molecule has 1 aromatic rings. The van der Waals surface area contributed by atoms with Crippen LogP contribution in [0, 0.1) is 17.8 Å². The predicted molar refractivity (Wildman–Crippen MR) is 84.6 cm³/mol. The Kier molecular flexibility index (Phi) is 7.84. The van der Waals surface area contributed by atoms with Gasteiger partial charge < -0.3 is 5.32 Å². The summed E-state index contributed by atoms with van der Waals surface area (Å²) in [6.45, 7) is 4.58. The van der Waals surface area contributed by atoms with Crippen molar-refractivity contribution in [2.45, 2.75) is 39.5 Å². The molecule has 20 heavy (non-hydrogen) atoms. The maximum absolute atomic E-state index is 12.0. The van der Waals surface area contributed by atoms with Crippen molar-refractivity contribution in [2.24, 2.45) is 5.92 Å². The van der Waals surface area contributed by atoms with E-state index >= 15 is 0 Å². The van der Waals surface area contributed by atoms with E-state index in [0.717, 1.165) is 31.2 Å². The van der Waals surface area contributed by atoms with Crippen molar-refractivity contribution in [1.82, 2.24) is 5.32 Å². The SMILES string of the molecule is CCCC(CCC)C(=O)NCC#Cc1ccccc1Cl. The van der Waals surface area contributed by atoms with Crippen LogP contribution in [0.25, 0.3) is 0 Å². The molecule has 1 rings (SSSR count). The number of carbonyl (C=O) groups is 1. The van der Waals surface area contributed by atoms with Crippen LogP contribution in [0.5, 0.6) is 0 Å². The maximum Gasteiger partial charge on any atom is 0.223 e.